The molecule has 0 aliphatic heterocycles. The van der Waals surface area contributed by atoms with Gasteiger partial charge >= 0.3 is 0 Å². The number of hydrogen-bond acceptors (Lipinski definition) is 2. The number of nitrogens with one attached hydrogen (secondary N) is 1. The molecule has 102 valence electrons. The highest BCUT2D eigenvalue weighted by molar-refractivity contribution is 5.42. The van der Waals surface area contributed by atoms with Gasteiger partial charge in [0.15, 0.2) is 0 Å². The van der Waals surface area contributed by atoms with E-state index in [4.69, 9.17) is 0 Å². The minimum absolute atomic E-state index is 1.04. The van der Waals surface area contributed by atoms with Crippen LogP contribution in [0.25, 0.3) is 0 Å². The first kappa shape index (κ1) is 15.0. The summed E-state index contributed by atoms with van der Waals surface area (Å²) in [6.07, 6.45) is 12.8. The van der Waals surface area contributed by atoms with E-state index >= 15 is 0 Å². The van der Waals surface area contributed by atoms with E-state index in [1.165, 1.54) is 56.9 Å². The van der Waals surface area contributed by atoms with Gasteiger partial charge in [0.2, 0.25) is 0 Å². The molecule has 1 aromatic heterocycles. The Morgan fingerprint density at radius 2 is 1.67 bits per heavy atom. The number of unbranched alkanes of at least 4 members (excludes halogenated alkanes) is 7. The lowest BCUT2D eigenvalue weighted by Gasteiger charge is -2.07. The van der Waals surface area contributed by atoms with E-state index in [1.54, 1.807) is 0 Å². The highest BCUT2D eigenvalue weighted by Crippen LogP contribution is 2.11. The number of hydrogen-bond donors (Lipinski definition) is 1. The number of aromatic nitrogens is 1. The highest BCUT2D eigenvalue weighted by atomic mass is 15.0. The van der Waals surface area contributed by atoms with Crippen molar-refractivity contribution in [2.45, 2.75) is 65.2 Å². The average molecular weight is 248 g/mol. The Morgan fingerprint density at radius 1 is 1.00 bits per heavy atom. The quantitative estimate of drug-likeness (QED) is 0.593. The first-order valence-electron chi connectivity index (χ1n) is 7.50. The summed E-state index contributed by atoms with van der Waals surface area (Å²) in [6.45, 7) is 5.42. The maximum atomic E-state index is 4.33. The van der Waals surface area contributed by atoms with Gasteiger partial charge in [0.1, 0.15) is 5.82 Å². The van der Waals surface area contributed by atoms with Gasteiger partial charge < -0.3 is 5.32 Å². The zero-order valence-corrected chi connectivity index (χ0v) is 12.0. The second kappa shape index (κ2) is 9.93. The molecule has 0 fully saturated rings. The maximum absolute atomic E-state index is 4.33. The number of rotatable bonds is 10. The zero-order chi connectivity index (χ0) is 13.1. The number of aryl methyl sites for hydroxylation is 1. The SMILES string of the molecule is CCCCCCCCCCNc1ncccc1C. The molecule has 0 aliphatic carbocycles. The number of pyridine rings is 1. The van der Waals surface area contributed by atoms with Crippen LogP contribution in [0, 0.1) is 6.92 Å². The van der Waals surface area contributed by atoms with Gasteiger partial charge in [-0.25, -0.2) is 4.98 Å². The summed E-state index contributed by atoms with van der Waals surface area (Å²) < 4.78 is 0. The second-order valence-corrected chi connectivity index (χ2v) is 5.07. The summed E-state index contributed by atoms with van der Waals surface area (Å²) in [5.41, 5.74) is 1.23. The Kier molecular flexibility index (Phi) is 8.28. The molecule has 0 aliphatic rings. The molecule has 0 aromatic carbocycles. The largest absolute Gasteiger partial charge is 0.370 e. The Hall–Kier alpha value is -1.05. The van der Waals surface area contributed by atoms with Crippen molar-refractivity contribution in [3.8, 4) is 0 Å². The van der Waals surface area contributed by atoms with Crippen LogP contribution in [0.15, 0.2) is 18.3 Å². The molecule has 0 unspecified atom stereocenters. The van der Waals surface area contributed by atoms with Crippen molar-refractivity contribution in [3.63, 3.8) is 0 Å². The summed E-state index contributed by atoms with van der Waals surface area (Å²) in [7, 11) is 0. The van der Waals surface area contributed by atoms with E-state index in [0.29, 0.717) is 0 Å². The number of nitrogens with zero attached hydrogens (tertiary/aromatic N) is 1. The minimum Gasteiger partial charge on any atom is -0.370 e. The van der Waals surface area contributed by atoms with Crippen molar-refractivity contribution in [2.24, 2.45) is 0 Å². The summed E-state index contributed by atoms with van der Waals surface area (Å²) >= 11 is 0. The lowest BCUT2D eigenvalue weighted by molar-refractivity contribution is 0.581. The molecule has 0 saturated carbocycles. The van der Waals surface area contributed by atoms with Gasteiger partial charge in [0.25, 0.3) is 0 Å². The molecule has 1 N–H and O–H groups in total. The first-order valence-corrected chi connectivity index (χ1v) is 7.50. The average Bonchev–Trinajstić information content (AvgIpc) is 2.39. The van der Waals surface area contributed by atoms with Crippen molar-refractivity contribution in [1.82, 2.24) is 4.98 Å². The van der Waals surface area contributed by atoms with Crippen LogP contribution < -0.4 is 5.32 Å². The lowest BCUT2D eigenvalue weighted by atomic mass is 10.1. The van der Waals surface area contributed by atoms with Gasteiger partial charge in [-0.2, -0.15) is 0 Å². The summed E-state index contributed by atoms with van der Waals surface area (Å²) in [5, 5.41) is 3.41. The van der Waals surface area contributed by atoms with Crippen LogP contribution in [-0.4, -0.2) is 11.5 Å². The second-order valence-electron chi connectivity index (χ2n) is 5.07. The van der Waals surface area contributed by atoms with Gasteiger partial charge in [-0.15, -0.1) is 0 Å². The monoisotopic (exact) mass is 248 g/mol. The van der Waals surface area contributed by atoms with Gasteiger partial charge in [-0.1, -0.05) is 57.9 Å². The van der Waals surface area contributed by atoms with E-state index < -0.39 is 0 Å². The van der Waals surface area contributed by atoms with Crippen molar-refractivity contribution in [3.05, 3.63) is 23.9 Å². The molecule has 1 heterocycles. The molecule has 0 atom stereocenters. The third-order valence-electron chi connectivity index (χ3n) is 3.33. The molecule has 1 rings (SSSR count). The Bertz CT molecular complexity index is 310. The van der Waals surface area contributed by atoms with Crippen LogP contribution in [0.3, 0.4) is 0 Å². The molecule has 0 amide bonds. The van der Waals surface area contributed by atoms with E-state index in [-0.39, 0.29) is 0 Å². The van der Waals surface area contributed by atoms with Crippen LogP contribution in [0.4, 0.5) is 5.82 Å². The first-order chi connectivity index (χ1) is 8.84. The van der Waals surface area contributed by atoms with Crippen molar-refractivity contribution in [2.75, 3.05) is 11.9 Å². The van der Waals surface area contributed by atoms with Crippen LogP contribution in [0.5, 0.6) is 0 Å². The van der Waals surface area contributed by atoms with Crippen LogP contribution in [0.1, 0.15) is 63.9 Å². The van der Waals surface area contributed by atoms with Crippen LogP contribution in [-0.2, 0) is 0 Å². The Balaban J connectivity index is 1.94. The Labute approximate surface area is 112 Å². The third-order valence-corrected chi connectivity index (χ3v) is 3.33. The molecule has 0 bridgehead atoms. The molecule has 1 aromatic rings. The summed E-state index contributed by atoms with van der Waals surface area (Å²) in [6, 6.07) is 4.08. The van der Waals surface area contributed by atoms with Crippen molar-refractivity contribution < 1.29 is 0 Å². The van der Waals surface area contributed by atoms with Crippen LogP contribution in [0.2, 0.25) is 0 Å². The molecule has 0 saturated heterocycles. The zero-order valence-electron chi connectivity index (χ0n) is 12.0. The maximum Gasteiger partial charge on any atom is 0.128 e. The van der Waals surface area contributed by atoms with E-state index in [1.807, 2.05) is 12.3 Å². The number of anilines is 1. The van der Waals surface area contributed by atoms with Gasteiger partial charge in [0, 0.05) is 12.7 Å². The molecular formula is C16H28N2. The minimum atomic E-state index is 1.04. The molecule has 0 spiro atoms. The fraction of sp³-hybridized carbons (Fsp3) is 0.688. The highest BCUT2D eigenvalue weighted by Gasteiger charge is 1.96. The summed E-state index contributed by atoms with van der Waals surface area (Å²) in [4.78, 5) is 4.33. The van der Waals surface area contributed by atoms with E-state index in [0.717, 1.165) is 12.4 Å². The predicted octanol–water partition coefficient (Wildman–Crippen LogP) is 4.94. The van der Waals surface area contributed by atoms with Crippen molar-refractivity contribution in [1.29, 1.82) is 0 Å². The van der Waals surface area contributed by atoms with E-state index in [9.17, 15) is 0 Å². The predicted molar refractivity (Wildman–Crippen MR) is 80.1 cm³/mol. The fourth-order valence-corrected chi connectivity index (χ4v) is 2.14. The standard InChI is InChI=1S/C16H28N2/c1-3-4-5-6-7-8-9-10-13-17-16-15(2)12-11-14-18-16/h11-12,14H,3-10,13H2,1-2H3,(H,17,18). The summed E-state index contributed by atoms with van der Waals surface area (Å²) in [5.74, 6) is 1.04. The fourth-order valence-electron chi connectivity index (χ4n) is 2.14. The van der Waals surface area contributed by atoms with Gasteiger partial charge in [0.05, 0.1) is 0 Å². The van der Waals surface area contributed by atoms with Gasteiger partial charge in [-0.05, 0) is 25.0 Å². The molecule has 18 heavy (non-hydrogen) atoms. The molecular weight excluding hydrogens is 220 g/mol. The van der Waals surface area contributed by atoms with Crippen molar-refractivity contribution >= 4 is 5.82 Å². The molecule has 0 radical (unpaired) electrons. The smallest absolute Gasteiger partial charge is 0.128 e. The third kappa shape index (κ3) is 6.63. The van der Waals surface area contributed by atoms with Crippen LogP contribution >= 0.6 is 0 Å². The van der Waals surface area contributed by atoms with E-state index in [2.05, 4.69) is 30.2 Å². The van der Waals surface area contributed by atoms with Gasteiger partial charge in [-0.3, -0.25) is 0 Å². The molecule has 2 nitrogen and oxygen atoms in total. The Morgan fingerprint density at radius 3 is 2.33 bits per heavy atom. The lowest BCUT2D eigenvalue weighted by Crippen LogP contribution is -2.04. The topological polar surface area (TPSA) is 24.9 Å². The molecule has 2 heteroatoms. The normalized spacial score (nSPS) is 10.6.